The summed E-state index contributed by atoms with van der Waals surface area (Å²) >= 11 is 0. The highest BCUT2D eigenvalue weighted by Gasteiger charge is 2.23. The second-order valence-electron chi connectivity index (χ2n) is 14.6. The van der Waals surface area contributed by atoms with E-state index in [1.807, 2.05) is 12.2 Å². The van der Waals surface area contributed by atoms with Gasteiger partial charge in [0.25, 0.3) is 0 Å². The molecule has 0 radical (unpaired) electrons. The van der Waals surface area contributed by atoms with Gasteiger partial charge in [0.1, 0.15) is 6.17 Å². The summed E-state index contributed by atoms with van der Waals surface area (Å²) in [5, 5.41) is 24.0. The van der Waals surface area contributed by atoms with Crippen molar-refractivity contribution in [2.45, 2.75) is 12.6 Å². The lowest BCUT2D eigenvalue weighted by Crippen LogP contribution is -2.49. The molecule has 270 valence electrons. The van der Waals surface area contributed by atoms with Crippen LogP contribution < -0.4 is 10.6 Å². The molecule has 1 aliphatic carbocycles. The maximum absolute atomic E-state index is 9.73. The van der Waals surface area contributed by atoms with Crippen molar-refractivity contribution in [1.29, 1.82) is 5.41 Å². The molecular weight excluding hydrogens is 683 g/mol. The molecule has 0 bridgehead atoms. The number of para-hydroxylation sites is 3. The van der Waals surface area contributed by atoms with Gasteiger partial charge in [-0.25, -0.2) is 0 Å². The van der Waals surface area contributed by atoms with Crippen LogP contribution in [0.1, 0.15) is 6.42 Å². The summed E-state index contributed by atoms with van der Waals surface area (Å²) in [6.45, 7) is 4.52. The van der Waals surface area contributed by atoms with Gasteiger partial charge in [-0.2, -0.15) is 0 Å². The maximum Gasteiger partial charge on any atom is 0.201 e. The Labute approximate surface area is 326 Å². The molecule has 0 amide bonds. The topological polar surface area (TPSA) is 57.8 Å². The lowest BCUT2D eigenvalue weighted by Gasteiger charge is -2.26. The van der Waals surface area contributed by atoms with Crippen LogP contribution in [0.4, 0.5) is 0 Å². The number of benzene rings is 6. The minimum Gasteiger partial charge on any atom is -0.336 e. The van der Waals surface area contributed by atoms with Crippen LogP contribution in [0, 0.1) is 11.3 Å². The number of hydrogen-bond acceptors (Lipinski definition) is 2. The highest BCUT2D eigenvalue weighted by Crippen LogP contribution is 2.42. The van der Waals surface area contributed by atoms with E-state index in [1.165, 1.54) is 38.2 Å². The quantitative estimate of drug-likeness (QED) is 0.0909. The second kappa shape index (κ2) is 14.0. The molecule has 2 aliphatic rings. The van der Waals surface area contributed by atoms with E-state index in [2.05, 4.69) is 196 Å². The number of fused-ring (bicyclic) bond motifs is 8. The molecule has 2 atom stereocenters. The van der Waals surface area contributed by atoms with Crippen molar-refractivity contribution >= 4 is 60.3 Å². The van der Waals surface area contributed by atoms with E-state index in [0.29, 0.717) is 11.9 Å². The van der Waals surface area contributed by atoms with Gasteiger partial charge in [0.05, 0.1) is 22.1 Å². The Hall–Kier alpha value is -6.95. The number of nitrogens with zero attached hydrogens (tertiary/aromatic N) is 2. The Morgan fingerprint density at radius 3 is 2.27 bits per heavy atom. The summed E-state index contributed by atoms with van der Waals surface area (Å²) in [7, 11) is 0. The Morgan fingerprint density at radius 1 is 0.732 bits per heavy atom. The summed E-state index contributed by atoms with van der Waals surface area (Å²) in [6.07, 6.45) is 20.0. The second-order valence-corrected chi connectivity index (χ2v) is 14.6. The third kappa shape index (κ3) is 5.72. The summed E-state index contributed by atoms with van der Waals surface area (Å²) in [5.41, 5.74) is 10.0. The number of allylic oxidation sites excluding steroid dienone is 8. The van der Waals surface area contributed by atoms with Gasteiger partial charge in [0.15, 0.2) is 0 Å². The van der Waals surface area contributed by atoms with E-state index in [9.17, 15) is 5.41 Å². The predicted octanol–water partition coefficient (Wildman–Crippen LogP) is 11.7. The van der Waals surface area contributed by atoms with Gasteiger partial charge in [0, 0.05) is 33.8 Å². The predicted molar refractivity (Wildman–Crippen MR) is 237 cm³/mol. The van der Waals surface area contributed by atoms with E-state index in [0.717, 1.165) is 57.2 Å². The van der Waals surface area contributed by atoms with E-state index >= 15 is 0 Å². The first-order valence-electron chi connectivity index (χ1n) is 19.3. The normalized spacial score (nSPS) is 17.9. The Balaban J connectivity index is 1.10. The van der Waals surface area contributed by atoms with Crippen molar-refractivity contribution in [2.75, 3.05) is 6.54 Å². The molecule has 1 aliphatic heterocycles. The van der Waals surface area contributed by atoms with Crippen LogP contribution in [0.5, 0.6) is 0 Å². The van der Waals surface area contributed by atoms with Crippen LogP contribution in [-0.4, -0.2) is 27.8 Å². The average Bonchev–Trinajstić information content (AvgIpc) is 3.77. The Bertz CT molecular complexity index is 3020. The summed E-state index contributed by atoms with van der Waals surface area (Å²) in [6, 6.07) is 45.6. The SMILES string of the molecule is C=C/C=C\C1C=CC(/C=C2\C=CCNC2NC(=N)n2c3ccccc3c3c4ccccc4c(-c4ccc5c(c4)c4ccccc4n5-c4ccccc4)cc32)=CC1. The molecule has 6 aromatic carbocycles. The van der Waals surface area contributed by atoms with Crippen molar-refractivity contribution < 1.29 is 0 Å². The number of nitrogens with one attached hydrogen (secondary N) is 3. The first-order chi connectivity index (χ1) is 27.7. The van der Waals surface area contributed by atoms with Gasteiger partial charge < -0.3 is 9.88 Å². The van der Waals surface area contributed by atoms with E-state index in [1.54, 1.807) is 0 Å². The lowest BCUT2D eigenvalue weighted by molar-refractivity contribution is 0.564. The summed E-state index contributed by atoms with van der Waals surface area (Å²) in [4.78, 5) is 0. The van der Waals surface area contributed by atoms with Crippen molar-refractivity contribution in [1.82, 2.24) is 19.8 Å². The fourth-order valence-corrected chi connectivity index (χ4v) is 8.68. The van der Waals surface area contributed by atoms with Crippen molar-refractivity contribution in [3.8, 4) is 16.8 Å². The Morgan fingerprint density at radius 2 is 1.46 bits per heavy atom. The molecule has 10 rings (SSSR count). The zero-order valence-electron chi connectivity index (χ0n) is 31.0. The summed E-state index contributed by atoms with van der Waals surface area (Å²) < 4.78 is 4.45. The van der Waals surface area contributed by atoms with Gasteiger partial charge in [-0.3, -0.25) is 15.3 Å². The van der Waals surface area contributed by atoms with Gasteiger partial charge in [0.2, 0.25) is 5.96 Å². The third-order valence-electron chi connectivity index (χ3n) is 11.3. The zero-order chi connectivity index (χ0) is 37.6. The van der Waals surface area contributed by atoms with Crippen molar-refractivity contribution in [3.05, 3.63) is 200 Å². The highest BCUT2D eigenvalue weighted by atomic mass is 15.3. The fraction of sp³-hybridized carbons (Fsp3) is 0.0784. The van der Waals surface area contributed by atoms with Gasteiger partial charge in [-0.05, 0) is 93.9 Å². The van der Waals surface area contributed by atoms with Crippen LogP contribution in [0.15, 0.2) is 200 Å². The molecule has 3 heterocycles. The highest BCUT2D eigenvalue weighted by molar-refractivity contribution is 6.26. The molecule has 0 saturated carbocycles. The lowest BCUT2D eigenvalue weighted by atomic mass is 9.94. The monoisotopic (exact) mass is 723 g/mol. The molecule has 5 heteroatoms. The molecule has 56 heavy (non-hydrogen) atoms. The van der Waals surface area contributed by atoms with E-state index < -0.39 is 0 Å². The number of aromatic nitrogens is 2. The van der Waals surface area contributed by atoms with Crippen LogP contribution in [0.3, 0.4) is 0 Å². The maximum atomic E-state index is 9.73. The van der Waals surface area contributed by atoms with Gasteiger partial charge >= 0.3 is 0 Å². The van der Waals surface area contributed by atoms with Gasteiger partial charge in [-0.1, -0.05) is 140 Å². The number of hydrogen-bond donors (Lipinski definition) is 3. The molecule has 0 fully saturated rings. The van der Waals surface area contributed by atoms with Gasteiger partial charge in [-0.15, -0.1) is 0 Å². The molecule has 3 N–H and O–H groups in total. The Kier molecular flexibility index (Phi) is 8.42. The smallest absolute Gasteiger partial charge is 0.201 e. The molecule has 2 unspecified atom stereocenters. The number of rotatable bonds is 6. The molecular formula is C51H41N5. The molecule has 2 aromatic heterocycles. The summed E-state index contributed by atoms with van der Waals surface area (Å²) in [5.74, 6) is 0.699. The fourth-order valence-electron chi connectivity index (χ4n) is 8.68. The standard InChI is InChI=1S/C51H41N5/c1-2-3-14-34-24-26-35(27-25-34)31-37-15-13-30-53-50(37)54-51(52)56-46-23-12-10-21-42(46)49-41-20-8-7-18-39(41)43(33-48(49)56)36-28-29-47-44(32-36)40-19-9-11-22-45(40)55(47)38-16-5-4-6-17-38/h2-24,26-29,31-34,50,53H,1,25,30H2,(H2,52,54)/b14-3-,37-31+. The molecule has 8 aromatic rings. The third-order valence-corrected chi connectivity index (χ3v) is 11.3. The minimum absolute atomic E-state index is 0.235. The van der Waals surface area contributed by atoms with Crippen LogP contribution in [0.25, 0.3) is 71.2 Å². The van der Waals surface area contributed by atoms with E-state index in [-0.39, 0.29) is 6.17 Å². The molecule has 5 nitrogen and oxygen atoms in total. The van der Waals surface area contributed by atoms with Crippen LogP contribution >= 0.6 is 0 Å². The first kappa shape index (κ1) is 33.6. The van der Waals surface area contributed by atoms with Crippen molar-refractivity contribution in [3.63, 3.8) is 0 Å². The zero-order valence-corrected chi connectivity index (χ0v) is 31.0. The largest absolute Gasteiger partial charge is 0.336 e. The molecule has 0 spiro atoms. The minimum atomic E-state index is -0.235. The van der Waals surface area contributed by atoms with E-state index in [4.69, 9.17) is 0 Å². The van der Waals surface area contributed by atoms with Crippen molar-refractivity contribution in [2.24, 2.45) is 5.92 Å². The van der Waals surface area contributed by atoms with Crippen LogP contribution in [-0.2, 0) is 0 Å². The first-order valence-corrected chi connectivity index (χ1v) is 19.3. The molecule has 0 saturated heterocycles. The average molecular weight is 724 g/mol. The van der Waals surface area contributed by atoms with Crippen LogP contribution in [0.2, 0.25) is 0 Å².